The van der Waals surface area contributed by atoms with Crippen molar-refractivity contribution in [1.82, 2.24) is 4.57 Å². The molecule has 0 aliphatic carbocycles. The second-order valence-electron chi connectivity index (χ2n) is 3.63. The van der Waals surface area contributed by atoms with Crippen LogP contribution < -0.4 is 5.76 Å². The summed E-state index contributed by atoms with van der Waals surface area (Å²) in [6.07, 6.45) is 1.41. The number of aliphatic hydroxyl groups is 1. The lowest BCUT2D eigenvalue weighted by Gasteiger charge is -2.08. The molecular weight excluding hydrogens is 226 g/mol. The summed E-state index contributed by atoms with van der Waals surface area (Å²) in [4.78, 5) is 11.3. The summed E-state index contributed by atoms with van der Waals surface area (Å²) in [6, 6.07) is 5.33. The summed E-state index contributed by atoms with van der Waals surface area (Å²) < 4.78 is 6.50. The fourth-order valence-electron chi connectivity index (χ4n) is 1.61. The minimum Gasteiger partial charge on any atom is -0.408 e. The normalized spacial score (nSPS) is 13.2. The molecule has 0 amide bonds. The van der Waals surface area contributed by atoms with Crippen molar-refractivity contribution in [2.75, 3.05) is 12.0 Å². The van der Waals surface area contributed by atoms with Crippen LogP contribution in [0.4, 0.5) is 0 Å². The van der Waals surface area contributed by atoms with Gasteiger partial charge in [0.1, 0.15) is 0 Å². The Bertz CT molecular complexity index is 558. The van der Waals surface area contributed by atoms with Gasteiger partial charge in [-0.2, -0.15) is 11.8 Å². The van der Waals surface area contributed by atoms with Crippen molar-refractivity contribution in [2.45, 2.75) is 6.10 Å². The van der Waals surface area contributed by atoms with E-state index in [1.54, 1.807) is 30.9 Å². The zero-order valence-corrected chi connectivity index (χ0v) is 9.95. The smallest absolute Gasteiger partial charge is 0.408 e. The zero-order chi connectivity index (χ0) is 11.7. The van der Waals surface area contributed by atoms with Gasteiger partial charge in [-0.15, -0.1) is 0 Å². The van der Waals surface area contributed by atoms with E-state index in [0.29, 0.717) is 11.3 Å². The van der Waals surface area contributed by atoms with Crippen LogP contribution in [0.5, 0.6) is 0 Å². The minimum absolute atomic E-state index is 0.383. The van der Waals surface area contributed by atoms with Crippen LogP contribution in [-0.2, 0) is 7.05 Å². The molecule has 0 aliphatic rings. The van der Waals surface area contributed by atoms with E-state index in [1.165, 1.54) is 4.57 Å². The summed E-state index contributed by atoms with van der Waals surface area (Å²) in [5.74, 6) is 0.245. The number of aryl methyl sites for hydroxylation is 1. The van der Waals surface area contributed by atoms with E-state index < -0.39 is 6.10 Å². The van der Waals surface area contributed by atoms with Crippen molar-refractivity contribution in [3.05, 3.63) is 34.3 Å². The van der Waals surface area contributed by atoms with Crippen LogP contribution >= 0.6 is 11.8 Å². The number of benzene rings is 1. The molecule has 0 saturated carbocycles. The Morgan fingerprint density at radius 1 is 1.56 bits per heavy atom. The molecule has 2 rings (SSSR count). The first-order valence-corrected chi connectivity index (χ1v) is 6.29. The Kier molecular flexibility index (Phi) is 3.07. The largest absolute Gasteiger partial charge is 0.419 e. The number of hydrogen-bond acceptors (Lipinski definition) is 4. The van der Waals surface area contributed by atoms with Gasteiger partial charge in [-0.1, -0.05) is 6.07 Å². The fraction of sp³-hybridized carbons (Fsp3) is 0.364. The van der Waals surface area contributed by atoms with Gasteiger partial charge in [0.15, 0.2) is 5.58 Å². The van der Waals surface area contributed by atoms with Crippen LogP contribution in [-0.4, -0.2) is 21.7 Å². The van der Waals surface area contributed by atoms with Crippen LogP contribution in [0.3, 0.4) is 0 Å². The average molecular weight is 239 g/mol. The molecule has 16 heavy (non-hydrogen) atoms. The van der Waals surface area contributed by atoms with Crippen LogP contribution in [0.2, 0.25) is 0 Å². The van der Waals surface area contributed by atoms with Gasteiger partial charge in [0, 0.05) is 12.8 Å². The predicted octanol–water partition coefficient (Wildman–Crippen LogP) is 1.53. The molecule has 1 unspecified atom stereocenters. The Balaban J connectivity index is 2.48. The molecule has 1 aromatic heterocycles. The quantitative estimate of drug-likeness (QED) is 0.882. The number of oxazole rings is 1. The molecule has 0 fully saturated rings. The fourth-order valence-corrected chi connectivity index (χ4v) is 2.12. The first-order chi connectivity index (χ1) is 7.63. The maximum Gasteiger partial charge on any atom is 0.419 e. The van der Waals surface area contributed by atoms with Crippen molar-refractivity contribution < 1.29 is 9.52 Å². The molecule has 0 radical (unpaired) electrons. The van der Waals surface area contributed by atoms with E-state index in [9.17, 15) is 9.90 Å². The van der Waals surface area contributed by atoms with Crippen molar-refractivity contribution in [3.63, 3.8) is 0 Å². The monoisotopic (exact) mass is 239 g/mol. The molecule has 1 heterocycles. The van der Waals surface area contributed by atoms with E-state index in [-0.39, 0.29) is 5.76 Å². The van der Waals surface area contributed by atoms with E-state index in [1.807, 2.05) is 12.3 Å². The van der Waals surface area contributed by atoms with Gasteiger partial charge in [-0.05, 0) is 24.0 Å². The summed E-state index contributed by atoms with van der Waals surface area (Å²) in [5, 5.41) is 9.81. The highest BCUT2D eigenvalue weighted by Gasteiger charge is 2.11. The third-order valence-corrected chi connectivity index (χ3v) is 3.17. The number of nitrogens with zero attached hydrogens (tertiary/aromatic N) is 1. The van der Waals surface area contributed by atoms with Gasteiger partial charge < -0.3 is 9.52 Å². The van der Waals surface area contributed by atoms with Gasteiger partial charge in [0.25, 0.3) is 0 Å². The first-order valence-electron chi connectivity index (χ1n) is 4.90. The van der Waals surface area contributed by atoms with E-state index in [0.717, 1.165) is 11.1 Å². The van der Waals surface area contributed by atoms with Gasteiger partial charge in [-0.25, -0.2) is 4.79 Å². The van der Waals surface area contributed by atoms with Crippen molar-refractivity contribution >= 4 is 22.9 Å². The zero-order valence-electron chi connectivity index (χ0n) is 9.14. The van der Waals surface area contributed by atoms with Crippen LogP contribution in [0.25, 0.3) is 11.1 Å². The standard InChI is InChI=1S/C11H13NO3S/c1-12-8-4-3-7(9(13)6-16-2)5-10(8)15-11(12)14/h3-5,9,13H,6H2,1-2H3. The topological polar surface area (TPSA) is 55.4 Å². The third kappa shape index (κ3) is 1.88. The number of rotatable bonds is 3. The SMILES string of the molecule is CSCC(O)c1ccc2c(c1)oc(=O)n2C. The molecular formula is C11H13NO3S. The Hall–Kier alpha value is -1.20. The number of fused-ring (bicyclic) bond motifs is 1. The van der Waals surface area contributed by atoms with E-state index in [4.69, 9.17) is 4.42 Å². The summed E-state index contributed by atoms with van der Waals surface area (Å²) in [5.41, 5.74) is 2.03. The lowest BCUT2D eigenvalue weighted by atomic mass is 10.1. The Morgan fingerprint density at radius 2 is 2.31 bits per heavy atom. The van der Waals surface area contributed by atoms with Crippen LogP contribution in [0.1, 0.15) is 11.7 Å². The predicted molar refractivity (Wildman–Crippen MR) is 64.8 cm³/mol. The molecule has 0 bridgehead atoms. The highest BCUT2D eigenvalue weighted by atomic mass is 32.2. The Labute approximate surface area is 96.9 Å². The van der Waals surface area contributed by atoms with E-state index >= 15 is 0 Å². The molecule has 0 spiro atoms. The van der Waals surface area contributed by atoms with Gasteiger partial charge >= 0.3 is 5.76 Å². The number of aromatic nitrogens is 1. The summed E-state index contributed by atoms with van der Waals surface area (Å²) in [7, 11) is 1.66. The Morgan fingerprint density at radius 3 is 3.00 bits per heavy atom. The molecule has 86 valence electrons. The van der Waals surface area contributed by atoms with Crippen molar-refractivity contribution in [3.8, 4) is 0 Å². The van der Waals surface area contributed by atoms with Crippen LogP contribution in [0, 0.1) is 0 Å². The average Bonchev–Trinajstić information content (AvgIpc) is 2.55. The summed E-state index contributed by atoms with van der Waals surface area (Å²) in [6.45, 7) is 0. The number of hydrogen-bond donors (Lipinski definition) is 1. The van der Waals surface area contributed by atoms with Crippen LogP contribution in [0.15, 0.2) is 27.4 Å². The lowest BCUT2D eigenvalue weighted by molar-refractivity contribution is 0.204. The van der Waals surface area contributed by atoms with Crippen molar-refractivity contribution in [1.29, 1.82) is 0 Å². The van der Waals surface area contributed by atoms with E-state index in [2.05, 4.69) is 0 Å². The first kappa shape index (κ1) is 11.3. The second-order valence-corrected chi connectivity index (χ2v) is 4.54. The van der Waals surface area contributed by atoms with Gasteiger partial charge in [0.05, 0.1) is 11.6 Å². The number of thioether (sulfide) groups is 1. The van der Waals surface area contributed by atoms with Gasteiger partial charge in [0.2, 0.25) is 0 Å². The number of aliphatic hydroxyl groups excluding tert-OH is 1. The lowest BCUT2D eigenvalue weighted by Crippen LogP contribution is -2.08. The molecule has 1 aromatic carbocycles. The molecule has 0 saturated heterocycles. The maximum atomic E-state index is 11.3. The third-order valence-electron chi connectivity index (χ3n) is 2.53. The molecule has 4 nitrogen and oxygen atoms in total. The minimum atomic E-state index is -0.523. The highest BCUT2D eigenvalue weighted by molar-refractivity contribution is 7.98. The van der Waals surface area contributed by atoms with Crippen molar-refractivity contribution in [2.24, 2.45) is 7.05 Å². The highest BCUT2D eigenvalue weighted by Crippen LogP contribution is 2.21. The van der Waals surface area contributed by atoms with Gasteiger partial charge in [-0.3, -0.25) is 4.57 Å². The second kappa shape index (κ2) is 4.35. The summed E-state index contributed by atoms with van der Waals surface area (Å²) >= 11 is 1.57. The molecule has 2 aromatic rings. The molecule has 0 aliphatic heterocycles. The molecule has 1 N–H and O–H groups in total. The molecule has 5 heteroatoms. The maximum absolute atomic E-state index is 11.3. The molecule has 1 atom stereocenters.